The molecule has 1 N–H and O–H groups in total. The van der Waals surface area contributed by atoms with Gasteiger partial charge in [0.05, 0.1) is 0 Å². The fourth-order valence-electron chi connectivity index (χ4n) is 0.171. The van der Waals surface area contributed by atoms with E-state index in [9.17, 15) is 26.3 Å². The van der Waals surface area contributed by atoms with Gasteiger partial charge in [0.2, 0.25) is 0 Å². The highest BCUT2D eigenvalue weighted by atomic mass is 19.4. The summed E-state index contributed by atoms with van der Waals surface area (Å²) in [4.78, 5) is 0. The molecule has 0 aromatic carbocycles. The standard InChI is InChI=1S/C4H4F6O/c1-2(5,3(6,7)8)4(9,10)11/h11H,1H3. The third kappa shape index (κ3) is 1.76. The van der Waals surface area contributed by atoms with Crippen LogP contribution in [0.4, 0.5) is 26.3 Å². The largest absolute Gasteiger partial charge is 0.430 e. The Kier molecular flexibility index (Phi) is 2.17. The highest BCUT2D eigenvalue weighted by Crippen LogP contribution is 2.43. The highest BCUT2D eigenvalue weighted by Gasteiger charge is 2.67. The van der Waals surface area contributed by atoms with Crippen LogP contribution in [0.5, 0.6) is 0 Å². The Labute approximate surface area is 57.6 Å². The second-order valence-electron chi connectivity index (χ2n) is 2.04. The number of hydrogen-bond acceptors (Lipinski definition) is 1. The minimum atomic E-state index is -5.79. The summed E-state index contributed by atoms with van der Waals surface area (Å²) in [5.41, 5.74) is -4.90. The summed E-state index contributed by atoms with van der Waals surface area (Å²) in [7, 11) is 0. The molecule has 1 atom stereocenters. The highest BCUT2D eigenvalue weighted by molar-refractivity contribution is 4.89. The van der Waals surface area contributed by atoms with Crippen molar-refractivity contribution in [1.82, 2.24) is 0 Å². The SMILES string of the molecule is CC(F)(C(O)(F)F)C(F)(F)F. The Morgan fingerprint density at radius 1 is 0.909 bits per heavy atom. The molecule has 0 bridgehead atoms. The van der Waals surface area contributed by atoms with Crippen molar-refractivity contribution in [3.63, 3.8) is 0 Å². The molecule has 68 valence electrons. The summed E-state index contributed by atoms with van der Waals surface area (Å²) in [6.45, 7) is -0.438. The van der Waals surface area contributed by atoms with E-state index in [1.165, 1.54) is 0 Å². The van der Waals surface area contributed by atoms with Crippen LogP contribution in [-0.4, -0.2) is 23.1 Å². The second kappa shape index (κ2) is 2.26. The van der Waals surface area contributed by atoms with Crippen molar-refractivity contribution in [3.8, 4) is 0 Å². The van der Waals surface area contributed by atoms with E-state index in [4.69, 9.17) is 5.11 Å². The van der Waals surface area contributed by atoms with E-state index in [1.54, 1.807) is 0 Å². The zero-order chi connectivity index (χ0) is 9.50. The van der Waals surface area contributed by atoms with Gasteiger partial charge in [-0.1, -0.05) is 0 Å². The molecule has 7 heteroatoms. The maximum atomic E-state index is 12.0. The summed E-state index contributed by atoms with van der Waals surface area (Å²) in [5, 5.41) is 7.45. The topological polar surface area (TPSA) is 20.2 Å². The van der Waals surface area contributed by atoms with Crippen molar-refractivity contribution in [2.45, 2.75) is 24.9 Å². The van der Waals surface area contributed by atoms with Gasteiger partial charge in [0.15, 0.2) is 0 Å². The van der Waals surface area contributed by atoms with E-state index in [2.05, 4.69) is 0 Å². The molecule has 0 aromatic rings. The smallest absolute Gasteiger partial charge is 0.334 e. The van der Waals surface area contributed by atoms with Crippen molar-refractivity contribution in [3.05, 3.63) is 0 Å². The maximum absolute atomic E-state index is 12.0. The van der Waals surface area contributed by atoms with Crippen LogP contribution in [0.25, 0.3) is 0 Å². The Morgan fingerprint density at radius 2 is 1.18 bits per heavy atom. The quantitative estimate of drug-likeness (QED) is 0.613. The van der Waals surface area contributed by atoms with Crippen molar-refractivity contribution in [2.24, 2.45) is 0 Å². The van der Waals surface area contributed by atoms with Gasteiger partial charge in [0.1, 0.15) is 0 Å². The lowest BCUT2D eigenvalue weighted by Crippen LogP contribution is -2.52. The summed E-state index contributed by atoms with van der Waals surface area (Å²) in [6, 6.07) is 0. The van der Waals surface area contributed by atoms with E-state index in [0.29, 0.717) is 0 Å². The van der Waals surface area contributed by atoms with E-state index in [-0.39, 0.29) is 0 Å². The van der Waals surface area contributed by atoms with Crippen LogP contribution in [0.3, 0.4) is 0 Å². The van der Waals surface area contributed by atoms with Crippen LogP contribution in [0.2, 0.25) is 0 Å². The van der Waals surface area contributed by atoms with E-state index < -0.39 is 24.9 Å². The first kappa shape index (κ1) is 10.5. The average molecular weight is 182 g/mol. The lowest BCUT2D eigenvalue weighted by Gasteiger charge is -2.27. The van der Waals surface area contributed by atoms with Gasteiger partial charge in [0, 0.05) is 0 Å². The molecule has 0 rings (SSSR count). The van der Waals surface area contributed by atoms with Gasteiger partial charge in [-0.25, -0.2) is 4.39 Å². The Hall–Kier alpha value is -0.460. The molecule has 1 unspecified atom stereocenters. The Balaban J connectivity index is 4.75. The number of aliphatic hydroxyl groups is 1. The van der Waals surface area contributed by atoms with Gasteiger partial charge in [-0.2, -0.15) is 22.0 Å². The molecule has 1 nitrogen and oxygen atoms in total. The van der Waals surface area contributed by atoms with Crippen molar-refractivity contribution < 1.29 is 31.4 Å². The first-order valence-electron chi connectivity index (χ1n) is 2.36. The van der Waals surface area contributed by atoms with Gasteiger partial charge >= 0.3 is 12.3 Å². The molecule has 11 heavy (non-hydrogen) atoms. The summed E-state index contributed by atoms with van der Waals surface area (Å²) < 4.78 is 68.8. The first-order chi connectivity index (χ1) is 4.50. The zero-order valence-corrected chi connectivity index (χ0v) is 5.22. The van der Waals surface area contributed by atoms with Gasteiger partial charge in [-0.05, 0) is 6.92 Å². The predicted octanol–water partition coefficient (Wildman–Crippen LogP) is 1.86. The first-order valence-corrected chi connectivity index (χ1v) is 2.36. The molecule has 0 heterocycles. The molecule has 0 amide bonds. The van der Waals surface area contributed by atoms with Crippen LogP contribution in [0, 0.1) is 0 Å². The second-order valence-corrected chi connectivity index (χ2v) is 2.04. The van der Waals surface area contributed by atoms with Gasteiger partial charge in [0.25, 0.3) is 5.67 Å². The monoisotopic (exact) mass is 182 g/mol. The summed E-state index contributed by atoms with van der Waals surface area (Å²) in [5.74, 6) is 0. The molecule has 0 fully saturated rings. The van der Waals surface area contributed by atoms with Gasteiger partial charge in [-0.15, -0.1) is 0 Å². The normalized spacial score (nSPS) is 19.6. The molecule has 0 aliphatic carbocycles. The van der Waals surface area contributed by atoms with Gasteiger partial charge < -0.3 is 5.11 Å². The maximum Gasteiger partial charge on any atom is 0.430 e. The van der Waals surface area contributed by atoms with Crippen molar-refractivity contribution in [1.29, 1.82) is 0 Å². The lowest BCUT2D eigenvalue weighted by molar-refractivity contribution is -0.362. The molecule has 0 aliphatic heterocycles. The molecule has 0 aromatic heterocycles. The third-order valence-corrected chi connectivity index (χ3v) is 1.10. The number of alkyl halides is 6. The molecular formula is C4H4F6O. The lowest BCUT2D eigenvalue weighted by atomic mass is 10.1. The van der Waals surface area contributed by atoms with Crippen LogP contribution < -0.4 is 0 Å². The third-order valence-electron chi connectivity index (χ3n) is 1.10. The van der Waals surface area contributed by atoms with Crippen molar-refractivity contribution in [2.75, 3.05) is 0 Å². The molecule has 0 saturated carbocycles. The van der Waals surface area contributed by atoms with E-state index in [1.807, 2.05) is 0 Å². The predicted molar refractivity (Wildman–Crippen MR) is 22.7 cm³/mol. The minimum Gasteiger partial charge on any atom is -0.334 e. The Morgan fingerprint density at radius 3 is 1.18 bits per heavy atom. The molecule has 0 radical (unpaired) electrons. The zero-order valence-electron chi connectivity index (χ0n) is 5.22. The summed E-state index contributed by atoms with van der Waals surface area (Å²) in [6.07, 6.45) is -11.2. The average Bonchev–Trinajstić information content (AvgIpc) is 1.58. The molecule has 0 spiro atoms. The molecule has 0 saturated heterocycles. The van der Waals surface area contributed by atoms with Crippen LogP contribution in [-0.2, 0) is 0 Å². The summed E-state index contributed by atoms with van der Waals surface area (Å²) >= 11 is 0. The number of halogens is 6. The number of hydrogen-bond donors (Lipinski definition) is 1. The Bertz CT molecular complexity index is 126. The number of rotatable bonds is 1. The fraction of sp³-hybridized carbons (Fsp3) is 1.00. The molecular weight excluding hydrogens is 178 g/mol. The van der Waals surface area contributed by atoms with Crippen molar-refractivity contribution >= 4 is 0 Å². The van der Waals surface area contributed by atoms with E-state index >= 15 is 0 Å². The van der Waals surface area contributed by atoms with Crippen LogP contribution in [0.15, 0.2) is 0 Å². The fourth-order valence-corrected chi connectivity index (χ4v) is 0.171. The van der Waals surface area contributed by atoms with Crippen LogP contribution >= 0.6 is 0 Å². The minimum absolute atomic E-state index is 0.438. The van der Waals surface area contributed by atoms with Crippen LogP contribution in [0.1, 0.15) is 6.92 Å². The molecule has 0 aliphatic rings. The van der Waals surface area contributed by atoms with Gasteiger partial charge in [-0.3, -0.25) is 0 Å². The van der Waals surface area contributed by atoms with E-state index in [0.717, 1.165) is 0 Å².